The highest BCUT2D eigenvalue weighted by molar-refractivity contribution is 6.42. The molecular formula is C27H29N3O6. The second-order valence-corrected chi connectivity index (χ2v) is 9.53. The number of aldehydes is 1. The minimum absolute atomic E-state index is 0.00670. The van der Waals surface area contributed by atoms with Crippen LogP contribution in [0.15, 0.2) is 42.5 Å². The van der Waals surface area contributed by atoms with Gasteiger partial charge in [-0.1, -0.05) is 57.2 Å². The average Bonchev–Trinajstić information content (AvgIpc) is 3.12. The number of imide groups is 1. The molecule has 1 aliphatic heterocycles. The standard InChI is InChI=1S/C27H29N3O6/c1-27(2,3)18-12-10-16(11-13-18)22(32)24(34)29-15-17-7-5-8-19-21(17)26(36)30(25(19)35)20(9-6-14-31)23(33)28-4/h5,7-8,10-14,20H,6,9,15H2,1-4H3,(H,28,33)(H,29,34). The highest BCUT2D eigenvalue weighted by atomic mass is 16.2. The summed E-state index contributed by atoms with van der Waals surface area (Å²) < 4.78 is 0. The predicted octanol–water partition coefficient (Wildman–Crippen LogP) is 2.17. The number of rotatable bonds is 9. The third kappa shape index (κ3) is 5.25. The van der Waals surface area contributed by atoms with Gasteiger partial charge in [0.2, 0.25) is 11.7 Å². The van der Waals surface area contributed by atoms with Gasteiger partial charge in [-0.3, -0.25) is 28.9 Å². The first-order chi connectivity index (χ1) is 17.0. The van der Waals surface area contributed by atoms with E-state index in [1.165, 1.54) is 13.1 Å². The lowest BCUT2D eigenvalue weighted by Crippen LogP contribution is -2.48. The summed E-state index contributed by atoms with van der Waals surface area (Å²) in [6.45, 7) is 5.96. The normalized spacial score (nSPS) is 13.7. The summed E-state index contributed by atoms with van der Waals surface area (Å²) >= 11 is 0. The van der Waals surface area contributed by atoms with Crippen LogP contribution in [-0.2, 0) is 26.3 Å². The summed E-state index contributed by atoms with van der Waals surface area (Å²) in [6.07, 6.45) is 0.596. The maximum absolute atomic E-state index is 13.2. The van der Waals surface area contributed by atoms with Crippen molar-refractivity contribution in [1.82, 2.24) is 15.5 Å². The third-order valence-electron chi connectivity index (χ3n) is 6.11. The molecule has 1 aliphatic rings. The number of hydrogen-bond acceptors (Lipinski definition) is 6. The molecule has 1 unspecified atom stereocenters. The maximum Gasteiger partial charge on any atom is 0.292 e. The molecule has 0 aromatic heterocycles. The van der Waals surface area contributed by atoms with Crippen molar-refractivity contribution < 1.29 is 28.8 Å². The molecule has 9 nitrogen and oxygen atoms in total. The zero-order chi connectivity index (χ0) is 26.6. The lowest BCUT2D eigenvalue weighted by Gasteiger charge is -2.24. The molecule has 2 aromatic rings. The summed E-state index contributed by atoms with van der Waals surface area (Å²) in [5.41, 5.74) is 1.65. The molecule has 0 spiro atoms. The summed E-state index contributed by atoms with van der Waals surface area (Å²) in [4.78, 5) is 75.5. The van der Waals surface area contributed by atoms with Gasteiger partial charge in [0, 0.05) is 25.6 Å². The molecule has 0 saturated carbocycles. The molecule has 4 amide bonds. The highest BCUT2D eigenvalue weighted by Crippen LogP contribution is 2.29. The average molecular weight is 492 g/mol. The van der Waals surface area contributed by atoms with E-state index < -0.39 is 35.5 Å². The monoisotopic (exact) mass is 491 g/mol. The molecule has 0 bridgehead atoms. The lowest BCUT2D eigenvalue weighted by atomic mass is 9.86. The number of nitrogens with one attached hydrogen (secondary N) is 2. The van der Waals surface area contributed by atoms with Crippen LogP contribution in [0, 0.1) is 0 Å². The van der Waals surface area contributed by atoms with Gasteiger partial charge in [-0.05, 0) is 29.0 Å². The molecular weight excluding hydrogens is 462 g/mol. The molecule has 0 aliphatic carbocycles. The van der Waals surface area contributed by atoms with Gasteiger partial charge in [-0.2, -0.15) is 0 Å². The number of Topliss-reactive ketones (excluding diaryl/α,β-unsaturated/α-hetero) is 1. The Kier molecular flexibility index (Phi) is 7.82. The summed E-state index contributed by atoms with van der Waals surface area (Å²) in [5.74, 6) is -3.48. The Morgan fingerprint density at radius 3 is 2.25 bits per heavy atom. The molecule has 188 valence electrons. The predicted molar refractivity (Wildman–Crippen MR) is 131 cm³/mol. The van der Waals surface area contributed by atoms with E-state index >= 15 is 0 Å². The Labute approximate surface area is 209 Å². The van der Waals surface area contributed by atoms with Crippen molar-refractivity contribution >= 4 is 35.7 Å². The molecule has 36 heavy (non-hydrogen) atoms. The first-order valence-corrected chi connectivity index (χ1v) is 11.6. The Morgan fingerprint density at radius 2 is 1.67 bits per heavy atom. The number of fused-ring (bicyclic) bond motifs is 1. The number of amides is 4. The van der Waals surface area contributed by atoms with Crippen LogP contribution in [0.3, 0.4) is 0 Å². The van der Waals surface area contributed by atoms with Crippen LogP contribution in [-0.4, -0.2) is 53.7 Å². The van der Waals surface area contributed by atoms with Crippen molar-refractivity contribution in [1.29, 1.82) is 0 Å². The Morgan fingerprint density at radius 1 is 1.00 bits per heavy atom. The van der Waals surface area contributed by atoms with Gasteiger partial charge in [0.1, 0.15) is 12.3 Å². The van der Waals surface area contributed by atoms with Crippen molar-refractivity contribution in [3.05, 3.63) is 70.3 Å². The summed E-state index contributed by atoms with van der Waals surface area (Å²) in [5, 5.41) is 4.94. The second kappa shape index (κ2) is 10.6. The third-order valence-corrected chi connectivity index (χ3v) is 6.11. The van der Waals surface area contributed by atoms with Crippen molar-refractivity contribution in [2.45, 2.75) is 51.6 Å². The number of nitrogens with zero attached hydrogens (tertiary/aromatic N) is 1. The fourth-order valence-electron chi connectivity index (χ4n) is 4.08. The van der Waals surface area contributed by atoms with Gasteiger partial charge in [-0.15, -0.1) is 0 Å². The molecule has 1 atom stereocenters. The van der Waals surface area contributed by atoms with E-state index in [1.807, 2.05) is 20.8 Å². The molecule has 0 saturated heterocycles. The summed E-state index contributed by atoms with van der Waals surface area (Å²) in [6, 6.07) is 10.2. The molecule has 2 N–H and O–H groups in total. The maximum atomic E-state index is 13.2. The van der Waals surface area contributed by atoms with E-state index in [1.54, 1.807) is 36.4 Å². The van der Waals surface area contributed by atoms with E-state index in [0.717, 1.165) is 10.5 Å². The topological polar surface area (TPSA) is 130 Å². The molecule has 3 rings (SSSR count). The Hall–Kier alpha value is -4.14. The smallest absolute Gasteiger partial charge is 0.292 e. The van der Waals surface area contributed by atoms with Crippen LogP contribution in [0.25, 0.3) is 0 Å². The van der Waals surface area contributed by atoms with E-state index in [-0.39, 0.29) is 41.5 Å². The van der Waals surface area contributed by atoms with Gasteiger partial charge in [-0.25, -0.2) is 0 Å². The van der Waals surface area contributed by atoms with Crippen molar-refractivity contribution in [2.75, 3.05) is 7.05 Å². The fraction of sp³-hybridized carbons (Fsp3) is 0.333. The number of carbonyl (C=O) groups excluding carboxylic acids is 6. The number of carbonyl (C=O) groups is 6. The highest BCUT2D eigenvalue weighted by Gasteiger charge is 2.43. The van der Waals surface area contributed by atoms with Crippen LogP contribution in [0.1, 0.15) is 75.8 Å². The van der Waals surface area contributed by atoms with Crippen LogP contribution >= 0.6 is 0 Å². The largest absolute Gasteiger partial charge is 0.357 e. The SMILES string of the molecule is CNC(=O)C(CCC=O)N1C(=O)c2cccc(CNC(=O)C(=O)c3ccc(C(C)(C)C)cc3)c2C1=O. The zero-order valence-corrected chi connectivity index (χ0v) is 20.7. The number of hydrogen-bond donors (Lipinski definition) is 2. The first kappa shape index (κ1) is 26.5. The van der Waals surface area contributed by atoms with Crippen LogP contribution in [0.4, 0.5) is 0 Å². The van der Waals surface area contributed by atoms with Gasteiger partial charge in [0.15, 0.2) is 0 Å². The van der Waals surface area contributed by atoms with E-state index in [9.17, 15) is 28.8 Å². The lowest BCUT2D eigenvalue weighted by molar-refractivity contribution is -0.124. The van der Waals surface area contributed by atoms with E-state index in [2.05, 4.69) is 10.6 Å². The van der Waals surface area contributed by atoms with Gasteiger partial charge < -0.3 is 15.4 Å². The van der Waals surface area contributed by atoms with Gasteiger partial charge >= 0.3 is 0 Å². The van der Waals surface area contributed by atoms with Crippen molar-refractivity contribution in [3.8, 4) is 0 Å². The van der Waals surface area contributed by atoms with Crippen LogP contribution in [0.2, 0.25) is 0 Å². The van der Waals surface area contributed by atoms with Crippen molar-refractivity contribution in [2.24, 2.45) is 0 Å². The molecule has 2 aromatic carbocycles. The summed E-state index contributed by atoms with van der Waals surface area (Å²) in [7, 11) is 1.38. The molecule has 1 heterocycles. The first-order valence-electron chi connectivity index (χ1n) is 11.6. The quantitative estimate of drug-likeness (QED) is 0.239. The van der Waals surface area contributed by atoms with E-state index in [4.69, 9.17) is 0 Å². The number of benzene rings is 2. The Balaban J connectivity index is 1.78. The molecule has 9 heteroatoms. The molecule has 0 radical (unpaired) electrons. The van der Waals surface area contributed by atoms with Gasteiger partial charge in [0.05, 0.1) is 11.1 Å². The minimum Gasteiger partial charge on any atom is -0.357 e. The Bertz CT molecular complexity index is 1230. The van der Waals surface area contributed by atoms with E-state index in [0.29, 0.717) is 11.8 Å². The van der Waals surface area contributed by atoms with Crippen molar-refractivity contribution in [3.63, 3.8) is 0 Å². The fourth-order valence-corrected chi connectivity index (χ4v) is 4.08. The van der Waals surface area contributed by atoms with Crippen LogP contribution in [0.5, 0.6) is 0 Å². The second-order valence-electron chi connectivity index (χ2n) is 9.53. The minimum atomic E-state index is -1.15. The molecule has 0 fully saturated rings. The zero-order valence-electron chi connectivity index (χ0n) is 20.7. The number of likely N-dealkylation sites (N-methyl/N-ethyl adjacent to an activating group) is 1. The number of ketones is 1. The van der Waals surface area contributed by atoms with Crippen LogP contribution < -0.4 is 10.6 Å². The van der Waals surface area contributed by atoms with Gasteiger partial charge in [0.25, 0.3) is 17.7 Å².